The van der Waals surface area contributed by atoms with Crippen LogP contribution in [-0.2, 0) is 6.42 Å². The number of nitrogens with one attached hydrogen (secondary N) is 2. The highest BCUT2D eigenvalue weighted by Gasteiger charge is 2.06. The first-order valence-corrected chi connectivity index (χ1v) is 5.96. The molecule has 2 aromatic rings. The highest BCUT2D eigenvalue weighted by Crippen LogP contribution is 2.08. The molecule has 0 bridgehead atoms. The van der Waals surface area contributed by atoms with Gasteiger partial charge in [0.05, 0.1) is 0 Å². The van der Waals surface area contributed by atoms with Crippen molar-refractivity contribution in [1.29, 1.82) is 0 Å². The summed E-state index contributed by atoms with van der Waals surface area (Å²) < 4.78 is 25.9. The fraction of sp³-hybridized carbons (Fsp3) is 0.143. The SMILES string of the molecule is O=C(NCCc1cc(F)cc(F)c1)c1cc[nH]c(=O)c1. The van der Waals surface area contributed by atoms with Gasteiger partial charge in [-0.3, -0.25) is 9.59 Å². The van der Waals surface area contributed by atoms with Crippen molar-refractivity contribution in [1.82, 2.24) is 10.3 Å². The highest BCUT2D eigenvalue weighted by molar-refractivity contribution is 5.93. The zero-order chi connectivity index (χ0) is 14.5. The minimum atomic E-state index is -0.652. The van der Waals surface area contributed by atoms with E-state index in [0.29, 0.717) is 12.0 Å². The molecule has 0 fully saturated rings. The Hall–Kier alpha value is -2.50. The van der Waals surface area contributed by atoms with Crippen LogP contribution in [0.1, 0.15) is 15.9 Å². The van der Waals surface area contributed by atoms with Crippen LogP contribution in [0.2, 0.25) is 0 Å². The molecule has 104 valence electrons. The van der Waals surface area contributed by atoms with E-state index in [4.69, 9.17) is 0 Å². The Bertz CT molecular complexity index is 663. The molecule has 4 nitrogen and oxygen atoms in total. The second-order valence-corrected chi connectivity index (χ2v) is 4.23. The largest absolute Gasteiger partial charge is 0.352 e. The van der Waals surface area contributed by atoms with Crippen molar-refractivity contribution >= 4 is 5.91 Å². The van der Waals surface area contributed by atoms with Crippen LogP contribution in [0.3, 0.4) is 0 Å². The third-order valence-corrected chi connectivity index (χ3v) is 2.66. The number of hydrogen-bond acceptors (Lipinski definition) is 2. The smallest absolute Gasteiger partial charge is 0.251 e. The molecule has 6 heteroatoms. The number of aromatic amines is 1. The predicted molar refractivity (Wildman–Crippen MR) is 69.5 cm³/mol. The maximum atomic E-state index is 13.0. The second-order valence-electron chi connectivity index (χ2n) is 4.23. The molecule has 0 radical (unpaired) electrons. The first-order chi connectivity index (χ1) is 9.54. The monoisotopic (exact) mass is 278 g/mol. The first kappa shape index (κ1) is 13.9. The highest BCUT2D eigenvalue weighted by atomic mass is 19.1. The number of aromatic nitrogens is 1. The molecule has 1 aromatic heterocycles. The van der Waals surface area contributed by atoms with Gasteiger partial charge in [-0.05, 0) is 30.2 Å². The maximum Gasteiger partial charge on any atom is 0.251 e. The van der Waals surface area contributed by atoms with Gasteiger partial charge < -0.3 is 10.3 Å². The summed E-state index contributed by atoms with van der Waals surface area (Å²) in [5.74, 6) is -1.71. The Morgan fingerprint density at radius 2 is 1.85 bits per heavy atom. The Morgan fingerprint density at radius 1 is 1.15 bits per heavy atom. The minimum Gasteiger partial charge on any atom is -0.352 e. The molecule has 0 spiro atoms. The normalized spacial score (nSPS) is 10.3. The summed E-state index contributed by atoms with van der Waals surface area (Å²) in [6.07, 6.45) is 1.67. The summed E-state index contributed by atoms with van der Waals surface area (Å²) in [5.41, 5.74) is 0.317. The van der Waals surface area contributed by atoms with Crippen molar-refractivity contribution < 1.29 is 13.6 Å². The fourth-order valence-electron chi connectivity index (χ4n) is 1.76. The molecular weight excluding hydrogens is 266 g/mol. The van der Waals surface area contributed by atoms with Gasteiger partial charge in [-0.15, -0.1) is 0 Å². The number of benzene rings is 1. The molecule has 0 aliphatic heterocycles. The van der Waals surface area contributed by atoms with Crippen LogP contribution in [0.25, 0.3) is 0 Å². The van der Waals surface area contributed by atoms with Gasteiger partial charge in [-0.25, -0.2) is 8.78 Å². The molecule has 0 aliphatic carbocycles. The Labute approximate surface area is 113 Å². The van der Waals surface area contributed by atoms with Gasteiger partial charge in [0.15, 0.2) is 0 Å². The molecule has 0 aliphatic rings. The Balaban J connectivity index is 1.92. The topological polar surface area (TPSA) is 62.0 Å². The van der Waals surface area contributed by atoms with Crippen LogP contribution in [0, 0.1) is 11.6 Å². The van der Waals surface area contributed by atoms with Gasteiger partial charge in [0, 0.05) is 30.4 Å². The van der Waals surface area contributed by atoms with Crippen molar-refractivity contribution in [2.45, 2.75) is 6.42 Å². The van der Waals surface area contributed by atoms with E-state index in [1.807, 2.05) is 0 Å². The van der Waals surface area contributed by atoms with Crippen LogP contribution in [-0.4, -0.2) is 17.4 Å². The van der Waals surface area contributed by atoms with Crippen molar-refractivity contribution in [2.75, 3.05) is 6.54 Å². The lowest BCUT2D eigenvalue weighted by atomic mass is 10.1. The number of hydrogen-bond donors (Lipinski definition) is 2. The quantitative estimate of drug-likeness (QED) is 0.892. The van der Waals surface area contributed by atoms with Crippen LogP contribution in [0.4, 0.5) is 8.78 Å². The summed E-state index contributed by atoms with van der Waals surface area (Å²) in [4.78, 5) is 25.2. The molecule has 0 unspecified atom stereocenters. The predicted octanol–water partition coefficient (Wildman–Crippen LogP) is 1.63. The second kappa shape index (κ2) is 6.10. The van der Waals surface area contributed by atoms with Crippen molar-refractivity contribution in [3.63, 3.8) is 0 Å². The molecule has 20 heavy (non-hydrogen) atoms. The number of amides is 1. The number of pyridine rings is 1. The lowest BCUT2D eigenvalue weighted by molar-refractivity contribution is 0.0954. The van der Waals surface area contributed by atoms with E-state index in [2.05, 4.69) is 10.3 Å². The fourth-order valence-corrected chi connectivity index (χ4v) is 1.76. The number of carbonyl (C=O) groups excluding carboxylic acids is 1. The van der Waals surface area contributed by atoms with Crippen LogP contribution in [0.5, 0.6) is 0 Å². The Kier molecular flexibility index (Phi) is 4.24. The third kappa shape index (κ3) is 3.74. The van der Waals surface area contributed by atoms with Crippen molar-refractivity contribution in [2.24, 2.45) is 0 Å². The molecule has 0 saturated carbocycles. The van der Waals surface area contributed by atoms with Gasteiger partial charge in [0.2, 0.25) is 5.56 Å². The van der Waals surface area contributed by atoms with Crippen LogP contribution in [0.15, 0.2) is 41.3 Å². The van der Waals surface area contributed by atoms with E-state index < -0.39 is 17.5 Å². The van der Waals surface area contributed by atoms with Crippen LogP contribution < -0.4 is 10.9 Å². The van der Waals surface area contributed by atoms with E-state index in [1.54, 1.807) is 0 Å². The summed E-state index contributed by atoms with van der Waals surface area (Å²) in [6.45, 7) is 0.217. The van der Waals surface area contributed by atoms with E-state index >= 15 is 0 Å². The molecule has 0 atom stereocenters. The Morgan fingerprint density at radius 3 is 2.50 bits per heavy atom. The molecular formula is C14H12F2N2O2. The van der Waals surface area contributed by atoms with Gasteiger partial charge in [-0.2, -0.15) is 0 Å². The average molecular weight is 278 g/mol. The zero-order valence-electron chi connectivity index (χ0n) is 10.5. The molecule has 2 rings (SSSR count). The lowest BCUT2D eigenvalue weighted by Gasteiger charge is -2.05. The number of rotatable bonds is 4. The summed E-state index contributed by atoms with van der Waals surface area (Å²) in [6, 6.07) is 5.86. The standard InChI is InChI=1S/C14H12F2N2O2/c15-11-5-9(6-12(16)8-11)1-3-18-14(20)10-2-4-17-13(19)7-10/h2,4-8H,1,3H2,(H,17,19)(H,18,20). The molecule has 0 saturated heterocycles. The van der Waals surface area contributed by atoms with Gasteiger partial charge in [0.25, 0.3) is 5.91 Å². The number of H-pyrrole nitrogens is 1. The minimum absolute atomic E-state index is 0.217. The molecule has 1 heterocycles. The van der Waals surface area contributed by atoms with Crippen molar-refractivity contribution in [3.05, 3.63) is 69.6 Å². The van der Waals surface area contributed by atoms with Crippen LogP contribution >= 0.6 is 0 Å². The number of halogens is 2. The third-order valence-electron chi connectivity index (χ3n) is 2.66. The van der Waals surface area contributed by atoms with E-state index in [0.717, 1.165) is 6.07 Å². The maximum absolute atomic E-state index is 13.0. The summed E-state index contributed by atoms with van der Waals surface area (Å²) >= 11 is 0. The van der Waals surface area contributed by atoms with E-state index in [1.165, 1.54) is 30.5 Å². The zero-order valence-corrected chi connectivity index (χ0v) is 10.5. The molecule has 1 aromatic carbocycles. The lowest BCUT2D eigenvalue weighted by Crippen LogP contribution is -2.26. The first-order valence-electron chi connectivity index (χ1n) is 5.96. The average Bonchev–Trinajstić information content (AvgIpc) is 2.37. The summed E-state index contributed by atoms with van der Waals surface area (Å²) in [7, 11) is 0. The van der Waals surface area contributed by atoms with Crippen molar-refractivity contribution in [3.8, 4) is 0 Å². The number of carbonyl (C=O) groups is 1. The van der Waals surface area contributed by atoms with Gasteiger partial charge in [-0.1, -0.05) is 0 Å². The summed E-state index contributed by atoms with van der Waals surface area (Å²) in [5, 5.41) is 2.58. The molecule has 1 amide bonds. The molecule has 2 N–H and O–H groups in total. The van der Waals surface area contributed by atoms with E-state index in [-0.39, 0.29) is 17.7 Å². The van der Waals surface area contributed by atoms with E-state index in [9.17, 15) is 18.4 Å². The van der Waals surface area contributed by atoms with Gasteiger partial charge in [0.1, 0.15) is 11.6 Å². The van der Waals surface area contributed by atoms with Gasteiger partial charge >= 0.3 is 0 Å².